The molecule has 1 aromatic heterocycles. The largest absolute Gasteiger partial charge is 0.486 e. The molecule has 3 rings (SSSR count). The van der Waals surface area contributed by atoms with Crippen molar-refractivity contribution in [2.24, 2.45) is 0 Å². The molecule has 1 N–H and O–H groups in total. The number of alkyl halides is 2. The fraction of sp³-hybridized carbons (Fsp3) is 0.158. The van der Waals surface area contributed by atoms with E-state index < -0.39 is 12.5 Å². The molecule has 0 aliphatic carbocycles. The molecule has 0 spiro atoms. The van der Waals surface area contributed by atoms with Crippen LogP contribution in [0.3, 0.4) is 0 Å². The number of nitrogens with zero attached hydrogens (tertiary/aromatic N) is 1. The van der Waals surface area contributed by atoms with Gasteiger partial charge >= 0.3 is 6.61 Å². The van der Waals surface area contributed by atoms with Gasteiger partial charge in [-0.25, -0.2) is 4.98 Å². The summed E-state index contributed by atoms with van der Waals surface area (Å²) in [4.78, 5) is 17.3. The number of hydrogen-bond donors (Lipinski definition) is 1. The fourth-order valence-corrected chi connectivity index (χ4v) is 3.35. The van der Waals surface area contributed by atoms with Gasteiger partial charge in [0.25, 0.3) is 5.91 Å². The van der Waals surface area contributed by atoms with Gasteiger partial charge in [0.15, 0.2) is 0 Å². The van der Waals surface area contributed by atoms with Crippen LogP contribution in [0.5, 0.6) is 11.5 Å². The van der Waals surface area contributed by atoms with Crippen molar-refractivity contribution in [3.05, 3.63) is 69.1 Å². The Labute approximate surface area is 168 Å². The molecule has 3 aromatic rings. The van der Waals surface area contributed by atoms with Crippen LogP contribution < -0.4 is 14.8 Å². The van der Waals surface area contributed by atoms with Crippen LogP contribution >= 0.6 is 22.9 Å². The summed E-state index contributed by atoms with van der Waals surface area (Å²) in [6, 6.07) is 12.9. The van der Waals surface area contributed by atoms with Crippen molar-refractivity contribution < 1.29 is 23.0 Å². The van der Waals surface area contributed by atoms with E-state index in [0.29, 0.717) is 26.4 Å². The lowest BCUT2D eigenvalue weighted by atomic mass is 10.3. The molecule has 9 heteroatoms. The van der Waals surface area contributed by atoms with E-state index in [1.165, 1.54) is 29.5 Å². The Kier molecular flexibility index (Phi) is 6.43. The highest BCUT2D eigenvalue weighted by molar-refractivity contribution is 7.13. The van der Waals surface area contributed by atoms with Crippen molar-refractivity contribution in [3.63, 3.8) is 0 Å². The first-order valence-corrected chi connectivity index (χ1v) is 9.31. The van der Waals surface area contributed by atoms with E-state index in [1.807, 2.05) is 0 Å². The molecule has 0 aliphatic rings. The number of thiazole rings is 1. The first kappa shape index (κ1) is 20.0. The minimum absolute atomic E-state index is 0.112. The molecular weight excluding hydrogens is 410 g/mol. The Balaban J connectivity index is 1.69. The van der Waals surface area contributed by atoms with Crippen molar-refractivity contribution in [2.45, 2.75) is 20.1 Å². The molecule has 0 fully saturated rings. The van der Waals surface area contributed by atoms with Gasteiger partial charge in [-0.15, -0.1) is 11.3 Å². The predicted molar refractivity (Wildman–Crippen MR) is 104 cm³/mol. The summed E-state index contributed by atoms with van der Waals surface area (Å²) < 4.78 is 35.1. The maximum absolute atomic E-state index is 12.6. The van der Waals surface area contributed by atoms with Gasteiger partial charge in [0, 0.05) is 5.02 Å². The van der Waals surface area contributed by atoms with Crippen molar-refractivity contribution in [3.8, 4) is 11.5 Å². The van der Waals surface area contributed by atoms with Crippen LogP contribution in [0.4, 0.5) is 14.5 Å². The Morgan fingerprint density at radius 3 is 2.64 bits per heavy atom. The van der Waals surface area contributed by atoms with Crippen LogP contribution in [-0.4, -0.2) is 17.5 Å². The van der Waals surface area contributed by atoms with Crippen LogP contribution in [0, 0.1) is 6.92 Å². The van der Waals surface area contributed by atoms with E-state index in [4.69, 9.17) is 16.3 Å². The lowest BCUT2D eigenvalue weighted by Gasteiger charge is -2.11. The van der Waals surface area contributed by atoms with Crippen LogP contribution in [0.2, 0.25) is 5.02 Å². The lowest BCUT2D eigenvalue weighted by Crippen LogP contribution is -2.13. The van der Waals surface area contributed by atoms with Crippen LogP contribution in [0.25, 0.3) is 0 Å². The van der Waals surface area contributed by atoms with Crippen molar-refractivity contribution in [2.75, 3.05) is 5.32 Å². The number of benzene rings is 2. The Bertz CT molecular complexity index is 964. The molecule has 0 unspecified atom stereocenters. The number of para-hydroxylation sites is 2. The minimum Gasteiger partial charge on any atom is -0.486 e. The van der Waals surface area contributed by atoms with Gasteiger partial charge in [-0.05, 0) is 43.3 Å². The smallest absolute Gasteiger partial charge is 0.387 e. The van der Waals surface area contributed by atoms with Gasteiger partial charge in [-0.3, -0.25) is 4.79 Å². The second-order valence-corrected chi connectivity index (χ2v) is 7.11. The Morgan fingerprint density at radius 1 is 1.21 bits per heavy atom. The number of aromatic nitrogens is 1. The Morgan fingerprint density at radius 2 is 1.93 bits per heavy atom. The molecule has 146 valence electrons. The molecule has 28 heavy (non-hydrogen) atoms. The second kappa shape index (κ2) is 8.99. The highest BCUT2D eigenvalue weighted by Crippen LogP contribution is 2.28. The third-order valence-electron chi connectivity index (χ3n) is 3.57. The maximum atomic E-state index is 12.6. The molecule has 0 aliphatic heterocycles. The van der Waals surface area contributed by atoms with E-state index in [1.54, 1.807) is 37.3 Å². The molecule has 2 aromatic carbocycles. The summed E-state index contributed by atoms with van der Waals surface area (Å²) in [5.74, 6) is 0.0544. The average Bonchev–Trinajstić information content (AvgIpc) is 3.03. The topological polar surface area (TPSA) is 60.5 Å². The van der Waals surface area contributed by atoms with Gasteiger partial charge in [-0.1, -0.05) is 23.7 Å². The zero-order valence-electron chi connectivity index (χ0n) is 14.6. The highest BCUT2D eigenvalue weighted by Gasteiger charge is 2.18. The molecule has 5 nitrogen and oxygen atoms in total. The molecule has 0 saturated carbocycles. The summed E-state index contributed by atoms with van der Waals surface area (Å²) in [5.41, 5.74) is 0.670. The van der Waals surface area contributed by atoms with Gasteiger partial charge in [-0.2, -0.15) is 8.78 Å². The van der Waals surface area contributed by atoms with E-state index in [9.17, 15) is 13.6 Å². The molecule has 1 amide bonds. The van der Waals surface area contributed by atoms with Crippen LogP contribution in [0.1, 0.15) is 20.4 Å². The third-order valence-corrected chi connectivity index (χ3v) is 4.96. The highest BCUT2D eigenvalue weighted by atomic mass is 35.5. The minimum atomic E-state index is -2.99. The van der Waals surface area contributed by atoms with Crippen LogP contribution in [-0.2, 0) is 6.61 Å². The van der Waals surface area contributed by atoms with E-state index in [-0.39, 0.29) is 18.0 Å². The number of amides is 1. The normalized spacial score (nSPS) is 10.8. The number of carbonyl (C=O) groups excluding carboxylic acids is 1. The summed E-state index contributed by atoms with van der Waals surface area (Å²) >= 11 is 7.00. The number of carbonyl (C=O) groups is 1. The fourth-order valence-electron chi connectivity index (χ4n) is 2.35. The first-order chi connectivity index (χ1) is 13.4. The lowest BCUT2D eigenvalue weighted by molar-refractivity contribution is -0.0493. The number of halogens is 3. The van der Waals surface area contributed by atoms with Gasteiger partial charge in [0.05, 0.1) is 11.4 Å². The van der Waals surface area contributed by atoms with E-state index in [0.717, 1.165) is 0 Å². The summed E-state index contributed by atoms with van der Waals surface area (Å²) in [6.07, 6.45) is 0. The SMILES string of the molecule is Cc1nc(COc2ccc(Cl)cc2)sc1C(=O)Nc1ccccc1OC(F)F. The molecule has 0 radical (unpaired) electrons. The molecule has 1 heterocycles. The summed E-state index contributed by atoms with van der Waals surface area (Å²) in [6.45, 7) is -1.11. The maximum Gasteiger partial charge on any atom is 0.387 e. The van der Waals surface area contributed by atoms with Gasteiger partial charge < -0.3 is 14.8 Å². The van der Waals surface area contributed by atoms with E-state index >= 15 is 0 Å². The monoisotopic (exact) mass is 424 g/mol. The third kappa shape index (κ3) is 5.17. The molecule has 0 saturated heterocycles. The number of hydrogen-bond acceptors (Lipinski definition) is 5. The van der Waals surface area contributed by atoms with Crippen LogP contribution in [0.15, 0.2) is 48.5 Å². The second-order valence-electron chi connectivity index (χ2n) is 5.59. The van der Waals surface area contributed by atoms with Crippen molar-refractivity contribution in [1.29, 1.82) is 0 Å². The molecular formula is C19H15ClF2N2O3S. The van der Waals surface area contributed by atoms with Crippen molar-refractivity contribution >= 4 is 34.5 Å². The molecule has 0 atom stereocenters. The standard InChI is InChI=1S/C19H15ClF2N2O3S/c1-11-17(18(25)24-14-4-2-3-5-15(14)27-19(21)22)28-16(23-11)10-26-13-8-6-12(20)7-9-13/h2-9,19H,10H2,1H3,(H,24,25). The quantitative estimate of drug-likeness (QED) is 0.541. The zero-order valence-corrected chi connectivity index (χ0v) is 16.2. The number of aryl methyl sites for hydroxylation is 1. The average molecular weight is 425 g/mol. The first-order valence-electron chi connectivity index (χ1n) is 8.12. The van der Waals surface area contributed by atoms with E-state index in [2.05, 4.69) is 15.0 Å². The van der Waals surface area contributed by atoms with Gasteiger partial charge in [0.2, 0.25) is 0 Å². The number of nitrogens with one attached hydrogen (secondary N) is 1. The number of anilines is 1. The Hall–Kier alpha value is -2.71. The predicted octanol–water partition coefficient (Wildman–Crippen LogP) is 5.54. The van der Waals surface area contributed by atoms with Gasteiger partial charge in [0.1, 0.15) is 28.0 Å². The zero-order chi connectivity index (χ0) is 20.1. The summed E-state index contributed by atoms with van der Waals surface area (Å²) in [5, 5.41) is 3.79. The van der Waals surface area contributed by atoms with Crippen molar-refractivity contribution in [1.82, 2.24) is 4.98 Å². The summed E-state index contributed by atoms with van der Waals surface area (Å²) in [7, 11) is 0. The molecule has 0 bridgehead atoms. The number of rotatable bonds is 7. The number of ether oxygens (including phenoxy) is 2.